The Hall–Kier alpha value is -0.300. The van der Waals surface area contributed by atoms with Crippen molar-refractivity contribution in [3.63, 3.8) is 0 Å². The maximum Gasteiger partial charge on any atom is 0.411 e. The van der Waals surface area contributed by atoms with E-state index >= 15 is 0 Å². The Morgan fingerprint density at radius 1 is 1.40 bits per heavy atom. The molecule has 7 heteroatoms. The summed E-state index contributed by atoms with van der Waals surface area (Å²) >= 11 is 9.44. The highest BCUT2D eigenvalue weighted by Crippen LogP contribution is 2.23. The molecule has 0 spiro atoms. The Bertz CT molecular complexity index is 429. The second kappa shape index (κ2) is 8.22. The van der Waals surface area contributed by atoms with Crippen LogP contribution < -0.4 is 5.32 Å². The minimum atomic E-state index is -4.27. The van der Waals surface area contributed by atoms with Gasteiger partial charge in [-0.3, -0.25) is 0 Å². The average molecular weight is 375 g/mol. The molecule has 0 aromatic heterocycles. The summed E-state index contributed by atoms with van der Waals surface area (Å²) in [5.74, 6) is 0. The molecule has 0 fully saturated rings. The molecule has 0 saturated heterocycles. The minimum absolute atomic E-state index is 0.0157. The molecule has 0 saturated carbocycles. The van der Waals surface area contributed by atoms with Gasteiger partial charge in [0.2, 0.25) is 0 Å². The van der Waals surface area contributed by atoms with Crippen LogP contribution in [0.2, 0.25) is 5.02 Å². The summed E-state index contributed by atoms with van der Waals surface area (Å²) in [6.07, 6.45) is -3.15. The standard InChI is InChI=1S/C13H16BrClF3NO/c1-19-11(4-5-20-8-13(16,17)18)6-9-2-3-10(14)7-12(9)15/h2-3,7,11,19H,4-6,8H2,1H3. The molecule has 0 aliphatic heterocycles. The van der Waals surface area contributed by atoms with Crippen LogP contribution in [0.15, 0.2) is 22.7 Å². The highest BCUT2D eigenvalue weighted by molar-refractivity contribution is 9.10. The number of hydrogen-bond donors (Lipinski definition) is 1. The molecule has 114 valence electrons. The molecule has 0 bridgehead atoms. The SMILES string of the molecule is CNC(CCOCC(F)(F)F)Cc1ccc(Br)cc1Cl. The first-order valence-electron chi connectivity index (χ1n) is 6.07. The van der Waals surface area contributed by atoms with E-state index in [0.29, 0.717) is 17.9 Å². The molecule has 0 heterocycles. The summed E-state index contributed by atoms with van der Waals surface area (Å²) < 4.78 is 41.3. The summed E-state index contributed by atoms with van der Waals surface area (Å²) in [5, 5.41) is 3.69. The van der Waals surface area contributed by atoms with E-state index in [4.69, 9.17) is 11.6 Å². The largest absolute Gasteiger partial charge is 0.411 e. The molecule has 1 atom stereocenters. The van der Waals surface area contributed by atoms with Gasteiger partial charge in [0.05, 0.1) is 0 Å². The zero-order valence-electron chi connectivity index (χ0n) is 10.9. The molecule has 20 heavy (non-hydrogen) atoms. The molecule has 0 amide bonds. The third kappa shape index (κ3) is 6.92. The second-order valence-corrected chi connectivity index (χ2v) is 5.70. The van der Waals surface area contributed by atoms with Gasteiger partial charge in [0.25, 0.3) is 0 Å². The third-order valence-corrected chi connectivity index (χ3v) is 3.61. The Balaban J connectivity index is 2.43. The van der Waals surface area contributed by atoms with Crippen LogP contribution in [0.5, 0.6) is 0 Å². The zero-order chi connectivity index (χ0) is 15.2. The summed E-state index contributed by atoms with van der Waals surface area (Å²) in [4.78, 5) is 0. The molecule has 2 nitrogen and oxygen atoms in total. The van der Waals surface area contributed by atoms with Crippen molar-refractivity contribution in [3.8, 4) is 0 Å². The fraction of sp³-hybridized carbons (Fsp3) is 0.538. The fourth-order valence-corrected chi connectivity index (χ4v) is 2.47. The predicted octanol–water partition coefficient (Wildman–Crippen LogP) is 4.20. The van der Waals surface area contributed by atoms with E-state index in [2.05, 4.69) is 26.0 Å². The third-order valence-electron chi connectivity index (χ3n) is 2.77. The van der Waals surface area contributed by atoms with Crippen LogP contribution in [-0.2, 0) is 11.2 Å². The number of hydrogen-bond acceptors (Lipinski definition) is 2. The van der Waals surface area contributed by atoms with E-state index in [0.717, 1.165) is 10.0 Å². The molecule has 1 rings (SSSR count). The van der Waals surface area contributed by atoms with Crippen molar-refractivity contribution < 1.29 is 17.9 Å². The highest BCUT2D eigenvalue weighted by atomic mass is 79.9. The molecular formula is C13H16BrClF3NO. The van der Waals surface area contributed by atoms with Gasteiger partial charge in [-0.25, -0.2) is 0 Å². The molecule has 1 N–H and O–H groups in total. The van der Waals surface area contributed by atoms with Crippen LogP contribution in [0.25, 0.3) is 0 Å². The highest BCUT2D eigenvalue weighted by Gasteiger charge is 2.27. The number of rotatable bonds is 7. The van der Waals surface area contributed by atoms with Gasteiger partial charge in [-0.1, -0.05) is 33.6 Å². The summed E-state index contributed by atoms with van der Waals surface area (Å²) in [6, 6.07) is 5.59. The second-order valence-electron chi connectivity index (χ2n) is 4.38. The van der Waals surface area contributed by atoms with Crippen LogP contribution in [0.3, 0.4) is 0 Å². The van der Waals surface area contributed by atoms with Crippen LogP contribution in [-0.4, -0.2) is 32.5 Å². The zero-order valence-corrected chi connectivity index (χ0v) is 13.3. The van der Waals surface area contributed by atoms with E-state index in [9.17, 15) is 13.2 Å². The molecule has 1 aromatic rings. The topological polar surface area (TPSA) is 21.3 Å². The molecule has 1 unspecified atom stereocenters. The van der Waals surface area contributed by atoms with Gasteiger partial charge in [0.1, 0.15) is 6.61 Å². The van der Waals surface area contributed by atoms with E-state index in [-0.39, 0.29) is 12.6 Å². The van der Waals surface area contributed by atoms with Crippen LogP contribution in [0.1, 0.15) is 12.0 Å². The van der Waals surface area contributed by atoms with Crippen molar-refractivity contribution in [2.75, 3.05) is 20.3 Å². The number of ether oxygens (including phenoxy) is 1. The van der Waals surface area contributed by atoms with Gasteiger partial charge in [-0.05, 0) is 37.6 Å². The first-order valence-corrected chi connectivity index (χ1v) is 7.24. The number of alkyl halides is 3. The molecule has 1 aromatic carbocycles. The monoisotopic (exact) mass is 373 g/mol. The van der Waals surface area contributed by atoms with E-state index in [1.807, 2.05) is 12.1 Å². The first-order chi connectivity index (χ1) is 9.31. The quantitative estimate of drug-likeness (QED) is 0.722. The van der Waals surface area contributed by atoms with E-state index in [1.165, 1.54) is 0 Å². The lowest BCUT2D eigenvalue weighted by atomic mass is 10.0. The predicted molar refractivity (Wildman–Crippen MR) is 77.2 cm³/mol. The number of nitrogens with one attached hydrogen (secondary N) is 1. The van der Waals surface area contributed by atoms with Crippen LogP contribution >= 0.6 is 27.5 Å². The first kappa shape index (κ1) is 17.8. The molecule has 0 radical (unpaired) electrons. The smallest absolute Gasteiger partial charge is 0.372 e. The maximum atomic E-state index is 11.9. The van der Waals surface area contributed by atoms with Gasteiger partial charge in [0.15, 0.2) is 0 Å². The maximum absolute atomic E-state index is 11.9. The number of halogens is 5. The lowest BCUT2D eigenvalue weighted by Gasteiger charge is -2.17. The van der Waals surface area contributed by atoms with Crippen molar-refractivity contribution in [3.05, 3.63) is 33.3 Å². The van der Waals surface area contributed by atoms with Gasteiger partial charge < -0.3 is 10.1 Å². The molecule has 0 aliphatic rings. The van der Waals surface area contributed by atoms with Crippen molar-refractivity contribution in [1.29, 1.82) is 0 Å². The lowest BCUT2D eigenvalue weighted by molar-refractivity contribution is -0.174. The van der Waals surface area contributed by atoms with Crippen LogP contribution in [0.4, 0.5) is 13.2 Å². The van der Waals surface area contributed by atoms with Crippen LogP contribution in [0, 0.1) is 0 Å². The van der Waals surface area contributed by atoms with Gasteiger partial charge in [0, 0.05) is 22.1 Å². The summed E-state index contributed by atoms with van der Waals surface area (Å²) in [7, 11) is 1.77. The average Bonchev–Trinajstić information content (AvgIpc) is 2.34. The summed E-state index contributed by atoms with van der Waals surface area (Å²) in [6.45, 7) is -1.15. The minimum Gasteiger partial charge on any atom is -0.372 e. The van der Waals surface area contributed by atoms with Crippen molar-refractivity contribution in [2.24, 2.45) is 0 Å². The fourth-order valence-electron chi connectivity index (χ4n) is 1.71. The van der Waals surface area contributed by atoms with Gasteiger partial charge in [-0.2, -0.15) is 13.2 Å². The van der Waals surface area contributed by atoms with E-state index < -0.39 is 12.8 Å². The van der Waals surface area contributed by atoms with E-state index in [1.54, 1.807) is 13.1 Å². The number of benzene rings is 1. The lowest BCUT2D eigenvalue weighted by Crippen LogP contribution is -2.30. The molecular weight excluding hydrogens is 358 g/mol. The Labute approximate surface area is 129 Å². The van der Waals surface area contributed by atoms with Gasteiger partial charge >= 0.3 is 6.18 Å². The Morgan fingerprint density at radius 2 is 2.10 bits per heavy atom. The van der Waals surface area contributed by atoms with Crippen molar-refractivity contribution in [2.45, 2.75) is 25.1 Å². The number of likely N-dealkylation sites (N-methyl/N-ethyl adjacent to an activating group) is 1. The normalized spacial score (nSPS) is 13.5. The van der Waals surface area contributed by atoms with Gasteiger partial charge in [-0.15, -0.1) is 0 Å². The molecule has 0 aliphatic carbocycles. The Kier molecular flexibility index (Phi) is 7.29. The Morgan fingerprint density at radius 3 is 2.65 bits per heavy atom. The van der Waals surface area contributed by atoms with Crippen molar-refractivity contribution in [1.82, 2.24) is 5.32 Å². The van der Waals surface area contributed by atoms with Crippen molar-refractivity contribution >= 4 is 27.5 Å². The summed E-state index contributed by atoms with van der Waals surface area (Å²) in [5.41, 5.74) is 0.949.